The van der Waals surface area contributed by atoms with E-state index in [0.717, 1.165) is 62.2 Å². The maximum Gasteiger partial charge on any atom is 0.147 e. The number of ether oxygens (including phenoxy) is 6. The molecule has 12 aromatic rings. The fraction of sp³-hybridized carbons (Fsp3) is 0.333. The summed E-state index contributed by atoms with van der Waals surface area (Å²) in [6, 6.07) is 59.3. The van der Waals surface area contributed by atoms with Gasteiger partial charge in [-0.25, -0.2) is 0 Å². The highest BCUT2D eigenvalue weighted by Gasteiger charge is 2.31. The Morgan fingerprint density at radius 3 is 0.938 bits per heavy atom. The van der Waals surface area contributed by atoms with Crippen LogP contribution in [0.5, 0.6) is 23.0 Å². The van der Waals surface area contributed by atoms with E-state index in [1.165, 1.54) is 98.0 Å². The molecule has 0 aliphatic carbocycles. The van der Waals surface area contributed by atoms with Gasteiger partial charge in [0.15, 0.2) is 0 Å². The lowest BCUT2D eigenvalue weighted by atomic mass is 9.87. The molecule has 0 amide bonds. The summed E-state index contributed by atoms with van der Waals surface area (Å²) < 4.78 is 41.8. The molecule has 0 fully saturated rings. The van der Waals surface area contributed by atoms with E-state index in [9.17, 15) is 0 Å². The number of benzene rings is 12. The summed E-state index contributed by atoms with van der Waals surface area (Å²) >= 11 is 6.92. The van der Waals surface area contributed by atoms with E-state index in [1.54, 1.807) is 47.0 Å². The lowest BCUT2D eigenvalue weighted by molar-refractivity contribution is 0.0263. The zero-order chi connectivity index (χ0) is 66.7. The molecule has 0 spiro atoms. The van der Waals surface area contributed by atoms with Gasteiger partial charge in [-0.3, -0.25) is 0 Å². The summed E-state index contributed by atoms with van der Waals surface area (Å²) in [6.07, 6.45) is 0. The first-order chi connectivity index (χ1) is 46.1. The lowest BCUT2D eigenvalue weighted by Crippen LogP contribution is -2.21. The Morgan fingerprint density at radius 1 is 0.333 bits per heavy atom. The lowest BCUT2D eigenvalue weighted by Gasteiger charge is -2.28. The van der Waals surface area contributed by atoms with Crippen LogP contribution in [0.1, 0.15) is 116 Å². The molecule has 494 valence electrons. The third-order valence-electron chi connectivity index (χ3n) is 18.7. The third kappa shape index (κ3) is 13.8. The van der Waals surface area contributed by atoms with Gasteiger partial charge in [-0.1, -0.05) is 239 Å². The van der Waals surface area contributed by atoms with Gasteiger partial charge in [0, 0.05) is 26.2 Å². The molecule has 0 unspecified atom stereocenters. The minimum Gasteiger partial charge on any atom is -0.490 e. The predicted octanol–water partition coefficient (Wildman–Crippen LogP) is 21.7. The Hall–Kier alpha value is -6.84. The van der Waals surface area contributed by atoms with Crippen LogP contribution in [0.4, 0.5) is 0 Å². The van der Waals surface area contributed by atoms with Crippen molar-refractivity contribution in [2.45, 2.75) is 157 Å². The molecule has 0 saturated carbocycles. The summed E-state index contributed by atoms with van der Waals surface area (Å²) in [6.45, 7) is 33.4. The van der Waals surface area contributed by atoms with Gasteiger partial charge in [0.2, 0.25) is 0 Å². The summed E-state index contributed by atoms with van der Waals surface area (Å²) in [7, 11) is 0. The van der Waals surface area contributed by atoms with Gasteiger partial charge in [0.05, 0.1) is 65.6 Å². The quantitative estimate of drug-likeness (QED) is 0.0903. The summed E-state index contributed by atoms with van der Waals surface area (Å²) in [5, 5.41) is 23.2. The van der Waals surface area contributed by atoms with Crippen molar-refractivity contribution < 1.29 is 28.4 Å². The first-order valence-corrected chi connectivity index (χ1v) is 37.2. The van der Waals surface area contributed by atoms with Crippen molar-refractivity contribution >= 4 is 112 Å². The molecule has 0 saturated heterocycles. The first kappa shape index (κ1) is 66.4. The Morgan fingerprint density at radius 2 is 0.615 bits per heavy atom. The number of rotatable bonds is 12. The molecular formula is C84H88N2O6S4. The van der Waals surface area contributed by atoms with Gasteiger partial charge >= 0.3 is 0 Å². The fourth-order valence-corrected chi connectivity index (χ4v) is 18.0. The maximum atomic E-state index is 7.38. The first-order valence-electron chi connectivity index (χ1n) is 34.0. The van der Waals surface area contributed by atoms with E-state index in [-0.39, 0.29) is 21.7 Å². The number of nitrogens with one attached hydrogen (secondary N) is 2. The van der Waals surface area contributed by atoms with Gasteiger partial charge < -0.3 is 39.1 Å². The van der Waals surface area contributed by atoms with Crippen molar-refractivity contribution in [1.29, 1.82) is 0 Å². The van der Waals surface area contributed by atoms with Crippen LogP contribution in [0.25, 0.3) is 64.6 Å². The monoisotopic (exact) mass is 1350 g/mol. The Kier molecular flexibility index (Phi) is 18.8. The van der Waals surface area contributed by atoms with Crippen LogP contribution in [0.15, 0.2) is 197 Å². The van der Waals surface area contributed by atoms with Crippen molar-refractivity contribution in [3.63, 3.8) is 0 Å². The molecule has 12 aromatic carbocycles. The third-order valence-corrected chi connectivity index (χ3v) is 22.9. The zero-order valence-electron chi connectivity index (χ0n) is 57.6. The predicted molar refractivity (Wildman–Crippen MR) is 404 cm³/mol. The zero-order valence-corrected chi connectivity index (χ0v) is 60.8. The minimum absolute atomic E-state index is 0.222. The van der Waals surface area contributed by atoms with Crippen molar-refractivity contribution in [2.75, 3.05) is 65.9 Å². The Bertz CT molecular complexity index is 4430. The molecule has 2 N–H and O–H groups in total. The standard InChI is InChI=1S/C84H88N2O6S4/c1-81(2,3)59-41-65-77(89-33-31-85-49-57-25-23-55-21-19-51-15-13-17-53-27-29-63(57)75(55)73(51)53)66(42-59)94-70-46-62(84(10,11)12)48-72-80(70)92-40-38-88-36-35-87-37-39-91-79-69(93-65)45-61(83(7,8)9)47-71(79)95-67-43-60(82(4,5)6)44-68(96-72)78(67)90-34-32-86-50-58-26-24-56-22-20-52-16-14-18-54-28-30-64(58)76(56)74(52)54/h13-30,41-48,85-86H,31-40,49-50H2,1-12H3. The fourth-order valence-electron chi connectivity index (χ4n) is 13.2. The molecule has 12 heteroatoms. The summed E-state index contributed by atoms with van der Waals surface area (Å²) in [4.78, 5) is 8.04. The van der Waals surface area contributed by atoms with Crippen molar-refractivity contribution in [3.05, 3.63) is 191 Å². The molecule has 2 aliphatic rings. The van der Waals surface area contributed by atoms with E-state index in [2.05, 4.69) is 251 Å². The smallest absolute Gasteiger partial charge is 0.147 e. The van der Waals surface area contributed by atoms with Gasteiger partial charge in [-0.15, -0.1) is 0 Å². The van der Waals surface area contributed by atoms with Crippen molar-refractivity contribution in [3.8, 4) is 23.0 Å². The van der Waals surface area contributed by atoms with Crippen LogP contribution in [0, 0.1) is 0 Å². The molecule has 14 rings (SSSR count). The highest BCUT2D eigenvalue weighted by molar-refractivity contribution is 8.01. The largest absolute Gasteiger partial charge is 0.490 e. The van der Waals surface area contributed by atoms with E-state index in [0.29, 0.717) is 79.0 Å². The van der Waals surface area contributed by atoms with Gasteiger partial charge in [0.1, 0.15) is 49.4 Å². The molecule has 10 bridgehead atoms. The van der Waals surface area contributed by atoms with Crippen LogP contribution in [0.3, 0.4) is 0 Å². The van der Waals surface area contributed by atoms with Gasteiger partial charge in [0.25, 0.3) is 0 Å². The maximum absolute atomic E-state index is 7.38. The SMILES string of the molecule is CC(C)(C)c1cc2c(OCCNCc3ccc4ccc5cccc6ccc3c4c56)c(c1)Sc1cc(C(C)(C)C)cc3c1OCCOCCOCCOc1c(cc(C(C)(C)C)cc1Sc1cc(C(C)(C)C)cc(c1OCCNCc1ccc4ccc5cccc6ccc1c4c56)S3)S2. The molecule has 8 nitrogen and oxygen atoms in total. The second kappa shape index (κ2) is 27.1. The van der Waals surface area contributed by atoms with Crippen LogP contribution in [-0.4, -0.2) is 65.9 Å². The number of hydrogen-bond donors (Lipinski definition) is 2. The van der Waals surface area contributed by atoms with E-state index in [1.807, 2.05) is 0 Å². The molecule has 2 heterocycles. The molecule has 0 atom stereocenters. The highest BCUT2D eigenvalue weighted by Crippen LogP contribution is 2.57. The van der Waals surface area contributed by atoms with E-state index >= 15 is 0 Å². The van der Waals surface area contributed by atoms with Crippen LogP contribution >= 0.6 is 47.0 Å². The van der Waals surface area contributed by atoms with Crippen LogP contribution in [-0.2, 0) is 44.2 Å². The Labute approximate surface area is 583 Å². The second-order valence-corrected chi connectivity index (χ2v) is 34.1. The van der Waals surface area contributed by atoms with Crippen LogP contribution < -0.4 is 29.6 Å². The van der Waals surface area contributed by atoms with Crippen molar-refractivity contribution in [1.82, 2.24) is 10.6 Å². The summed E-state index contributed by atoms with van der Waals surface area (Å²) in [5.41, 5.74) is 6.42. The Balaban J connectivity index is 0.889. The normalized spacial score (nSPS) is 14.7. The molecule has 96 heavy (non-hydrogen) atoms. The van der Waals surface area contributed by atoms with Gasteiger partial charge in [-0.05, 0) is 168 Å². The molecule has 0 aromatic heterocycles. The minimum atomic E-state index is -0.231. The van der Waals surface area contributed by atoms with Crippen molar-refractivity contribution in [2.24, 2.45) is 0 Å². The number of fused-ring (bicyclic) bond motifs is 2. The van der Waals surface area contributed by atoms with E-state index < -0.39 is 0 Å². The number of hydrogen-bond acceptors (Lipinski definition) is 12. The summed E-state index contributed by atoms with van der Waals surface area (Å²) in [5.74, 6) is 3.24. The van der Waals surface area contributed by atoms with Gasteiger partial charge in [-0.2, -0.15) is 0 Å². The highest BCUT2D eigenvalue weighted by atomic mass is 32.2. The average molecular weight is 1350 g/mol. The molecule has 0 radical (unpaired) electrons. The van der Waals surface area contributed by atoms with Crippen LogP contribution in [0.2, 0.25) is 0 Å². The molecular weight excluding hydrogens is 1260 g/mol. The average Bonchev–Trinajstić information content (AvgIpc) is 0.757. The topological polar surface area (TPSA) is 79.4 Å². The van der Waals surface area contributed by atoms with E-state index in [4.69, 9.17) is 28.4 Å². The molecule has 2 aliphatic heterocycles. The second-order valence-electron chi connectivity index (χ2n) is 29.7.